The predicted octanol–water partition coefficient (Wildman–Crippen LogP) is 1.64. The number of anilines is 1. The Morgan fingerprint density at radius 3 is 3.00 bits per heavy atom. The van der Waals surface area contributed by atoms with Gasteiger partial charge in [-0.1, -0.05) is 13.8 Å². The maximum absolute atomic E-state index is 12.5. The van der Waals surface area contributed by atoms with Gasteiger partial charge in [0.1, 0.15) is 0 Å². The molecule has 0 amide bonds. The highest BCUT2D eigenvalue weighted by Crippen LogP contribution is 2.24. The van der Waals surface area contributed by atoms with E-state index in [-0.39, 0.29) is 12.2 Å². The number of aliphatic hydroxyl groups excluding tert-OH is 1. The third-order valence-corrected chi connectivity index (χ3v) is 3.80. The summed E-state index contributed by atoms with van der Waals surface area (Å²) in [5, 5.41) is 8.98. The highest BCUT2D eigenvalue weighted by molar-refractivity contribution is 5.38. The minimum Gasteiger partial charge on any atom is -0.396 e. The Morgan fingerprint density at radius 2 is 2.30 bits per heavy atom. The molecule has 1 aliphatic rings. The lowest BCUT2D eigenvalue weighted by Gasteiger charge is -2.25. The summed E-state index contributed by atoms with van der Waals surface area (Å²) < 4.78 is 1.76. The molecule has 1 N–H and O–H groups in total. The van der Waals surface area contributed by atoms with E-state index >= 15 is 0 Å². The monoisotopic (exact) mass is 279 g/mol. The van der Waals surface area contributed by atoms with E-state index in [1.807, 2.05) is 0 Å². The van der Waals surface area contributed by atoms with Gasteiger partial charge in [-0.05, 0) is 31.6 Å². The molecule has 0 bridgehead atoms. The second-order valence-electron chi connectivity index (χ2n) is 5.96. The summed E-state index contributed by atoms with van der Waals surface area (Å²) >= 11 is 0. The fraction of sp³-hybridized carbons (Fsp3) is 0.733. The van der Waals surface area contributed by atoms with Crippen LogP contribution >= 0.6 is 0 Å². The molecule has 0 saturated carbocycles. The van der Waals surface area contributed by atoms with Crippen molar-refractivity contribution in [3.63, 3.8) is 0 Å². The lowest BCUT2D eigenvalue weighted by atomic mass is 10.1. The molecule has 5 nitrogen and oxygen atoms in total. The smallest absolute Gasteiger partial charge is 0.293 e. The molecule has 5 heteroatoms. The number of nitrogens with zero attached hydrogens (tertiary/aromatic N) is 3. The van der Waals surface area contributed by atoms with Crippen LogP contribution in [0.3, 0.4) is 0 Å². The molecule has 0 aliphatic carbocycles. The average Bonchev–Trinajstić information content (AvgIpc) is 2.86. The Bertz CT molecular complexity index is 484. The number of rotatable bonds is 6. The first-order valence-electron chi connectivity index (χ1n) is 7.56. The van der Waals surface area contributed by atoms with Crippen LogP contribution < -0.4 is 10.5 Å². The van der Waals surface area contributed by atoms with E-state index in [1.54, 1.807) is 17.0 Å². The van der Waals surface area contributed by atoms with Crippen molar-refractivity contribution in [3.8, 4) is 0 Å². The topological polar surface area (TPSA) is 58.4 Å². The molecule has 112 valence electrons. The van der Waals surface area contributed by atoms with Crippen molar-refractivity contribution in [2.45, 2.75) is 52.1 Å². The Morgan fingerprint density at radius 1 is 1.50 bits per heavy atom. The zero-order valence-electron chi connectivity index (χ0n) is 12.5. The van der Waals surface area contributed by atoms with Crippen LogP contribution in [0, 0.1) is 5.92 Å². The Hall–Kier alpha value is -1.36. The summed E-state index contributed by atoms with van der Waals surface area (Å²) in [7, 11) is 0. The molecule has 0 radical (unpaired) electrons. The lowest BCUT2D eigenvalue weighted by Crippen LogP contribution is -2.37. The Kier molecular flexibility index (Phi) is 5.17. The molecule has 0 spiro atoms. The quantitative estimate of drug-likeness (QED) is 0.860. The molecular weight excluding hydrogens is 254 g/mol. The zero-order chi connectivity index (χ0) is 14.5. The van der Waals surface area contributed by atoms with E-state index in [9.17, 15) is 4.79 Å². The van der Waals surface area contributed by atoms with Crippen molar-refractivity contribution in [1.29, 1.82) is 0 Å². The van der Waals surface area contributed by atoms with Gasteiger partial charge in [0.25, 0.3) is 5.56 Å². The molecular formula is C15H25N3O2. The van der Waals surface area contributed by atoms with Crippen LogP contribution in [-0.2, 0) is 6.54 Å². The SMILES string of the molecule is CC(C)Cn1ccnc(N2CCCC2CCCO)c1=O. The summed E-state index contributed by atoms with van der Waals surface area (Å²) in [6.07, 6.45) is 7.38. The predicted molar refractivity (Wildman–Crippen MR) is 80.0 cm³/mol. The number of hydrogen-bond donors (Lipinski definition) is 1. The molecule has 1 fully saturated rings. The van der Waals surface area contributed by atoms with Gasteiger partial charge in [0, 0.05) is 38.1 Å². The van der Waals surface area contributed by atoms with Crippen LogP contribution in [0.2, 0.25) is 0 Å². The summed E-state index contributed by atoms with van der Waals surface area (Å²) in [5.41, 5.74) is 0.0112. The van der Waals surface area contributed by atoms with E-state index in [0.29, 0.717) is 17.8 Å². The number of aliphatic hydroxyl groups is 1. The van der Waals surface area contributed by atoms with Crippen molar-refractivity contribution >= 4 is 5.82 Å². The first-order valence-corrected chi connectivity index (χ1v) is 7.56. The third-order valence-electron chi connectivity index (χ3n) is 3.80. The second kappa shape index (κ2) is 6.88. The molecule has 1 aromatic rings. The van der Waals surface area contributed by atoms with Crippen molar-refractivity contribution < 1.29 is 5.11 Å². The van der Waals surface area contributed by atoms with Crippen LogP contribution in [0.25, 0.3) is 0 Å². The highest BCUT2D eigenvalue weighted by Gasteiger charge is 2.27. The van der Waals surface area contributed by atoms with E-state index in [4.69, 9.17) is 5.11 Å². The van der Waals surface area contributed by atoms with Gasteiger partial charge in [0.2, 0.25) is 0 Å². The summed E-state index contributed by atoms with van der Waals surface area (Å²) in [6.45, 7) is 6.04. The fourth-order valence-corrected chi connectivity index (χ4v) is 2.91. The summed E-state index contributed by atoms with van der Waals surface area (Å²) in [5.74, 6) is 1.01. The summed E-state index contributed by atoms with van der Waals surface area (Å²) in [6, 6.07) is 0.345. The van der Waals surface area contributed by atoms with Gasteiger partial charge in [-0.3, -0.25) is 4.79 Å². The van der Waals surface area contributed by atoms with Gasteiger partial charge in [-0.2, -0.15) is 0 Å². The first kappa shape index (κ1) is 15.0. The molecule has 1 atom stereocenters. The maximum Gasteiger partial charge on any atom is 0.293 e. The Balaban J connectivity index is 2.21. The second-order valence-corrected chi connectivity index (χ2v) is 5.96. The van der Waals surface area contributed by atoms with Crippen molar-refractivity contribution in [2.24, 2.45) is 5.92 Å². The molecule has 1 unspecified atom stereocenters. The molecule has 1 aliphatic heterocycles. The van der Waals surface area contributed by atoms with E-state index < -0.39 is 0 Å². The molecule has 1 saturated heterocycles. The van der Waals surface area contributed by atoms with Gasteiger partial charge < -0.3 is 14.6 Å². The molecule has 1 aromatic heterocycles. The standard InChI is InChI=1S/C15H25N3O2/c1-12(2)11-17-9-7-16-14(15(17)20)18-8-3-5-13(18)6-4-10-19/h7,9,12-13,19H,3-6,8,10-11H2,1-2H3. The van der Waals surface area contributed by atoms with Crippen LogP contribution in [0.4, 0.5) is 5.82 Å². The normalized spacial score (nSPS) is 19.0. The van der Waals surface area contributed by atoms with Crippen molar-refractivity contribution in [1.82, 2.24) is 9.55 Å². The largest absolute Gasteiger partial charge is 0.396 e. The highest BCUT2D eigenvalue weighted by atomic mass is 16.3. The van der Waals surface area contributed by atoms with E-state index in [0.717, 1.165) is 38.8 Å². The van der Waals surface area contributed by atoms with Gasteiger partial charge in [0.05, 0.1) is 0 Å². The van der Waals surface area contributed by atoms with Crippen molar-refractivity contribution in [2.75, 3.05) is 18.1 Å². The molecule has 2 rings (SSSR count). The number of aromatic nitrogens is 2. The third kappa shape index (κ3) is 3.39. The molecule has 0 aromatic carbocycles. The van der Waals surface area contributed by atoms with Crippen LogP contribution in [0.15, 0.2) is 17.2 Å². The van der Waals surface area contributed by atoms with Gasteiger partial charge >= 0.3 is 0 Å². The van der Waals surface area contributed by atoms with Crippen molar-refractivity contribution in [3.05, 3.63) is 22.7 Å². The molecule has 20 heavy (non-hydrogen) atoms. The minimum atomic E-state index is 0.0112. The van der Waals surface area contributed by atoms with Gasteiger partial charge in [0.15, 0.2) is 5.82 Å². The number of hydrogen-bond acceptors (Lipinski definition) is 4. The Labute approximate surface area is 120 Å². The first-order chi connectivity index (χ1) is 9.63. The van der Waals surface area contributed by atoms with Crippen LogP contribution in [-0.4, -0.2) is 33.9 Å². The molecule has 2 heterocycles. The minimum absolute atomic E-state index is 0.0112. The van der Waals surface area contributed by atoms with Gasteiger partial charge in [-0.25, -0.2) is 4.98 Å². The fourth-order valence-electron chi connectivity index (χ4n) is 2.91. The maximum atomic E-state index is 12.5. The van der Waals surface area contributed by atoms with Crippen LogP contribution in [0.1, 0.15) is 39.5 Å². The van der Waals surface area contributed by atoms with E-state index in [2.05, 4.69) is 23.7 Å². The average molecular weight is 279 g/mol. The van der Waals surface area contributed by atoms with Crippen LogP contribution in [0.5, 0.6) is 0 Å². The van der Waals surface area contributed by atoms with Gasteiger partial charge in [-0.15, -0.1) is 0 Å². The zero-order valence-corrected chi connectivity index (χ0v) is 12.5. The lowest BCUT2D eigenvalue weighted by molar-refractivity contribution is 0.279. The van der Waals surface area contributed by atoms with E-state index in [1.165, 1.54) is 0 Å². The summed E-state index contributed by atoms with van der Waals surface area (Å²) in [4.78, 5) is 19.0.